The van der Waals surface area contributed by atoms with E-state index in [2.05, 4.69) is 10.6 Å². The minimum atomic E-state index is -1.23. The highest BCUT2D eigenvalue weighted by Crippen LogP contribution is 2.44. The Morgan fingerprint density at radius 3 is 2.03 bits per heavy atom. The monoisotopic (exact) mass is 454 g/mol. The molecule has 0 saturated carbocycles. The molecule has 0 aliphatic heterocycles. The number of amides is 2. The van der Waals surface area contributed by atoms with Gasteiger partial charge in [-0.3, -0.25) is 4.79 Å². The smallest absolute Gasteiger partial charge is 0.407 e. The van der Waals surface area contributed by atoms with E-state index in [1.807, 2.05) is 48.5 Å². The summed E-state index contributed by atoms with van der Waals surface area (Å²) in [4.78, 5) is 36.2. The number of hydrogen-bond acceptors (Lipinski definition) is 5. The zero-order chi connectivity index (χ0) is 24.2. The van der Waals surface area contributed by atoms with Crippen molar-refractivity contribution in [3.05, 3.63) is 59.7 Å². The number of hydrogen-bond donors (Lipinski definition) is 3. The van der Waals surface area contributed by atoms with Gasteiger partial charge in [-0.05, 0) is 49.9 Å². The largest absolute Gasteiger partial charge is 0.480 e. The van der Waals surface area contributed by atoms with Crippen LogP contribution in [0.2, 0.25) is 0 Å². The van der Waals surface area contributed by atoms with Gasteiger partial charge in [0.2, 0.25) is 5.91 Å². The molecule has 2 aromatic carbocycles. The van der Waals surface area contributed by atoms with Gasteiger partial charge in [0, 0.05) is 5.92 Å². The van der Waals surface area contributed by atoms with Crippen LogP contribution in [0, 0.1) is 0 Å². The van der Waals surface area contributed by atoms with Gasteiger partial charge in [-0.2, -0.15) is 0 Å². The molecule has 0 bridgehead atoms. The lowest BCUT2D eigenvalue weighted by atomic mass is 9.98. The summed E-state index contributed by atoms with van der Waals surface area (Å²) >= 11 is 0. The number of aliphatic carboxylic acids is 1. The van der Waals surface area contributed by atoms with Crippen LogP contribution in [-0.2, 0) is 19.1 Å². The first-order chi connectivity index (χ1) is 15.6. The number of ether oxygens (including phenoxy) is 2. The van der Waals surface area contributed by atoms with Gasteiger partial charge in [0.15, 0.2) is 6.04 Å². The Kier molecular flexibility index (Phi) is 7.38. The van der Waals surface area contributed by atoms with Crippen LogP contribution in [0.1, 0.15) is 44.7 Å². The molecule has 2 aromatic rings. The average molecular weight is 455 g/mol. The quantitative estimate of drug-likeness (QED) is 0.564. The van der Waals surface area contributed by atoms with E-state index in [4.69, 9.17) is 9.47 Å². The highest BCUT2D eigenvalue weighted by molar-refractivity contribution is 5.89. The minimum absolute atomic E-state index is 0.0989. The molecule has 8 heteroatoms. The van der Waals surface area contributed by atoms with Crippen molar-refractivity contribution in [1.82, 2.24) is 10.6 Å². The van der Waals surface area contributed by atoms with Crippen LogP contribution in [0.5, 0.6) is 0 Å². The lowest BCUT2D eigenvalue weighted by molar-refractivity contribution is -0.145. The maximum absolute atomic E-state index is 12.4. The summed E-state index contributed by atoms with van der Waals surface area (Å²) in [5.41, 5.74) is 3.85. The van der Waals surface area contributed by atoms with Crippen LogP contribution in [0.3, 0.4) is 0 Å². The first-order valence-corrected chi connectivity index (χ1v) is 10.9. The van der Waals surface area contributed by atoms with Crippen molar-refractivity contribution in [3.63, 3.8) is 0 Å². The van der Waals surface area contributed by atoms with Crippen LogP contribution in [-0.4, -0.2) is 54.0 Å². The van der Waals surface area contributed by atoms with Gasteiger partial charge in [-0.1, -0.05) is 48.5 Å². The average Bonchev–Trinajstić information content (AvgIpc) is 3.08. The molecule has 0 saturated heterocycles. The number of carbonyl (C=O) groups is 3. The van der Waals surface area contributed by atoms with E-state index >= 15 is 0 Å². The predicted molar refractivity (Wildman–Crippen MR) is 123 cm³/mol. The maximum atomic E-state index is 12.4. The zero-order valence-electron chi connectivity index (χ0n) is 19.3. The highest BCUT2D eigenvalue weighted by atomic mass is 16.5. The number of benzene rings is 2. The standard InChI is InChI=1S/C25H30N2O6/c1-15(22(28)27-21(23(29)30)14-33-25(2,3)4)26-24(31)32-13-20-18-11-7-5-9-16(18)17-10-6-8-12-19(17)20/h5-12,15,20-21H,13-14H2,1-4H3,(H,26,31)(H,27,28)(H,29,30)/t15-,21-/m0/s1. The third-order valence-electron chi connectivity index (χ3n) is 5.37. The van der Waals surface area contributed by atoms with E-state index in [1.54, 1.807) is 20.8 Å². The molecule has 3 N–H and O–H groups in total. The van der Waals surface area contributed by atoms with E-state index in [9.17, 15) is 19.5 Å². The van der Waals surface area contributed by atoms with E-state index in [0.29, 0.717) is 0 Å². The van der Waals surface area contributed by atoms with Crippen molar-refractivity contribution in [2.75, 3.05) is 13.2 Å². The van der Waals surface area contributed by atoms with E-state index in [1.165, 1.54) is 6.92 Å². The van der Waals surface area contributed by atoms with Gasteiger partial charge in [-0.15, -0.1) is 0 Å². The molecule has 3 rings (SSSR count). The van der Waals surface area contributed by atoms with Crippen LogP contribution in [0.25, 0.3) is 11.1 Å². The molecule has 1 aliphatic carbocycles. The number of alkyl carbamates (subject to hydrolysis) is 1. The number of fused-ring (bicyclic) bond motifs is 3. The van der Waals surface area contributed by atoms with Crippen molar-refractivity contribution in [2.24, 2.45) is 0 Å². The lowest BCUT2D eigenvalue weighted by Gasteiger charge is -2.24. The molecular formula is C25H30N2O6. The molecule has 0 heterocycles. The first kappa shape index (κ1) is 24.3. The number of nitrogens with one attached hydrogen (secondary N) is 2. The summed E-state index contributed by atoms with van der Waals surface area (Å²) in [5, 5.41) is 14.2. The normalized spacial score (nSPS) is 14.5. The summed E-state index contributed by atoms with van der Waals surface area (Å²) in [6, 6.07) is 13.8. The topological polar surface area (TPSA) is 114 Å². The first-order valence-electron chi connectivity index (χ1n) is 10.9. The fourth-order valence-electron chi connectivity index (χ4n) is 3.69. The number of carboxylic acids is 1. The summed E-state index contributed by atoms with van der Waals surface area (Å²) in [7, 11) is 0. The van der Waals surface area contributed by atoms with Crippen molar-refractivity contribution < 1.29 is 29.0 Å². The number of carboxylic acid groups (broad SMARTS) is 1. The Bertz CT molecular complexity index is 984. The highest BCUT2D eigenvalue weighted by Gasteiger charge is 2.30. The maximum Gasteiger partial charge on any atom is 0.407 e. The third-order valence-corrected chi connectivity index (χ3v) is 5.37. The number of rotatable bonds is 8. The van der Waals surface area contributed by atoms with Crippen molar-refractivity contribution in [2.45, 2.75) is 51.3 Å². The van der Waals surface area contributed by atoms with Crippen LogP contribution in [0.15, 0.2) is 48.5 Å². The van der Waals surface area contributed by atoms with Gasteiger partial charge >= 0.3 is 12.1 Å². The third kappa shape index (κ3) is 6.10. The van der Waals surface area contributed by atoms with Crippen LogP contribution >= 0.6 is 0 Å². The Balaban J connectivity index is 1.55. The molecule has 176 valence electrons. The molecule has 0 fully saturated rings. The molecule has 0 spiro atoms. The van der Waals surface area contributed by atoms with Crippen molar-refractivity contribution in [3.8, 4) is 11.1 Å². The van der Waals surface area contributed by atoms with Crippen molar-refractivity contribution >= 4 is 18.0 Å². The van der Waals surface area contributed by atoms with E-state index in [-0.39, 0.29) is 19.1 Å². The second-order valence-electron chi connectivity index (χ2n) is 9.01. The molecule has 0 radical (unpaired) electrons. The second kappa shape index (κ2) is 10.0. The molecule has 0 aromatic heterocycles. The molecule has 2 amide bonds. The molecular weight excluding hydrogens is 424 g/mol. The predicted octanol–water partition coefficient (Wildman–Crippen LogP) is 3.30. The Hall–Kier alpha value is -3.39. The fraction of sp³-hybridized carbons (Fsp3) is 0.400. The van der Waals surface area contributed by atoms with Gasteiger partial charge < -0.3 is 25.2 Å². The van der Waals surface area contributed by atoms with E-state index in [0.717, 1.165) is 22.3 Å². The van der Waals surface area contributed by atoms with Crippen molar-refractivity contribution in [1.29, 1.82) is 0 Å². The molecule has 1 aliphatic rings. The number of carbonyl (C=O) groups excluding carboxylic acids is 2. The summed E-state index contributed by atoms with van der Waals surface area (Å²) < 4.78 is 10.9. The summed E-state index contributed by atoms with van der Waals surface area (Å²) in [6.45, 7) is 6.74. The van der Waals surface area contributed by atoms with Gasteiger partial charge in [0.1, 0.15) is 12.6 Å². The molecule has 2 atom stereocenters. The molecule has 8 nitrogen and oxygen atoms in total. The van der Waals surface area contributed by atoms with Gasteiger partial charge in [0.05, 0.1) is 12.2 Å². The molecule has 33 heavy (non-hydrogen) atoms. The summed E-state index contributed by atoms with van der Waals surface area (Å²) in [6.07, 6.45) is -0.752. The van der Waals surface area contributed by atoms with Gasteiger partial charge in [-0.25, -0.2) is 9.59 Å². The van der Waals surface area contributed by atoms with Gasteiger partial charge in [0.25, 0.3) is 0 Å². The Morgan fingerprint density at radius 1 is 0.970 bits per heavy atom. The Labute approximate surface area is 193 Å². The summed E-state index contributed by atoms with van der Waals surface area (Å²) in [5.74, 6) is -1.97. The lowest BCUT2D eigenvalue weighted by Crippen LogP contribution is -2.52. The fourth-order valence-corrected chi connectivity index (χ4v) is 3.69. The van der Waals surface area contributed by atoms with Crippen LogP contribution in [0.4, 0.5) is 4.79 Å². The van der Waals surface area contributed by atoms with E-state index < -0.39 is 35.7 Å². The Morgan fingerprint density at radius 2 is 1.52 bits per heavy atom. The minimum Gasteiger partial charge on any atom is -0.480 e. The zero-order valence-corrected chi connectivity index (χ0v) is 19.3. The molecule has 0 unspecified atom stereocenters. The van der Waals surface area contributed by atoms with Crippen LogP contribution < -0.4 is 10.6 Å². The second-order valence-corrected chi connectivity index (χ2v) is 9.01. The SMILES string of the molecule is C[C@H](NC(=O)OCC1c2ccccc2-c2ccccc21)C(=O)N[C@@H](COC(C)(C)C)C(=O)O.